The number of hydrogen-bond acceptors (Lipinski definition) is 5. The molecule has 0 unspecified atom stereocenters. The highest BCUT2D eigenvalue weighted by Gasteiger charge is 2.29. The van der Waals surface area contributed by atoms with Gasteiger partial charge in [0.05, 0.1) is 16.6 Å². The van der Waals surface area contributed by atoms with E-state index in [0.29, 0.717) is 17.0 Å². The lowest BCUT2D eigenvalue weighted by atomic mass is 9.97. The lowest BCUT2D eigenvalue weighted by Gasteiger charge is -2.36. The molecule has 7 nitrogen and oxygen atoms in total. The second-order valence-corrected chi connectivity index (χ2v) is 7.36. The number of carbonyl (C=O) groups is 1. The highest BCUT2D eigenvalue weighted by molar-refractivity contribution is 6.06. The van der Waals surface area contributed by atoms with Crippen LogP contribution in [0.1, 0.15) is 53.3 Å². The summed E-state index contributed by atoms with van der Waals surface area (Å²) in [6.45, 7) is 7.41. The Morgan fingerprint density at radius 1 is 1.30 bits per heavy atom. The first-order chi connectivity index (χ1) is 13.0. The Morgan fingerprint density at radius 2 is 2.15 bits per heavy atom. The summed E-state index contributed by atoms with van der Waals surface area (Å²) in [6.07, 6.45) is 8.00. The molecule has 1 amide bonds. The molecule has 0 aliphatic carbocycles. The van der Waals surface area contributed by atoms with Crippen LogP contribution in [0.15, 0.2) is 23.0 Å². The van der Waals surface area contributed by atoms with Gasteiger partial charge in [0, 0.05) is 37.2 Å². The fourth-order valence-corrected chi connectivity index (χ4v) is 4.04. The number of pyridine rings is 1. The molecule has 0 saturated carbocycles. The van der Waals surface area contributed by atoms with Crippen LogP contribution in [0.4, 0.5) is 0 Å². The van der Waals surface area contributed by atoms with Crippen LogP contribution < -0.4 is 0 Å². The molecule has 0 aromatic carbocycles. The van der Waals surface area contributed by atoms with Crippen molar-refractivity contribution in [1.29, 1.82) is 0 Å². The molecule has 7 heteroatoms. The quantitative estimate of drug-likeness (QED) is 0.706. The van der Waals surface area contributed by atoms with Crippen LogP contribution in [0, 0.1) is 20.8 Å². The second kappa shape index (κ2) is 7.13. The molecule has 1 aliphatic heterocycles. The summed E-state index contributed by atoms with van der Waals surface area (Å²) in [7, 11) is 0. The van der Waals surface area contributed by atoms with Crippen molar-refractivity contribution in [1.82, 2.24) is 24.6 Å². The van der Waals surface area contributed by atoms with Crippen molar-refractivity contribution in [3.63, 3.8) is 0 Å². The van der Waals surface area contributed by atoms with Crippen molar-refractivity contribution in [2.45, 2.75) is 59.0 Å². The lowest BCUT2D eigenvalue weighted by molar-refractivity contribution is 0.0597. The van der Waals surface area contributed by atoms with Crippen LogP contribution in [0.3, 0.4) is 0 Å². The first-order valence-corrected chi connectivity index (χ1v) is 9.57. The molecule has 27 heavy (non-hydrogen) atoms. The fraction of sp³-hybridized carbons (Fsp3) is 0.500. The molecule has 0 bridgehead atoms. The van der Waals surface area contributed by atoms with Crippen molar-refractivity contribution in [3.05, 3.63) is 41.2 Å². The third-order valence-corrected chi connectivity index (χ3v) is 5.49. The zero-order valence-corrected chi connectivity index (χ0v) is 16.1. The van der Waals surface area contributed by atoms with Gasteiger partial charge >= 0.3 is 0 Å². The summed E-state index contributed by atoms with van der Waals surface area (Å²) >= 11 is 0. The topological polar surface area (TPSA) is 77.0 Å². The summed E-state index contributed by atoms with van der Waals surface area (Å²) in [6, 6.07) is 2.09. The van der Waals surface area contributed by atoms with E-state index in [0.717, 1.165) is 55.7 Å². The molecule has 0 N–H and O–H groups in total. The molecular formula is C20H25N5O2. The van der Waals surface area contributed by atoms with Gasteiger partial charge in [-0.3, -0.25) is 4.79 Å². The van der Waals surface area contributed by atoms with Crippen LogP contribution in [-0.4, -0.2) is 43.1 Å². The zero-order chi connectivity index (χ0) is 19.0. The van der Waals surface area contributed by atoms with E-state index in [9.17, 15) is 4.79 Å². The van der Waals surface area contributed by atoms with E-state index in [1.807, 2.05) is 44.1 Å². The summed E-state index contributed by atoms with van der Waals surface area (Å²) < 4.78 is 7.45. The Hall–Kier alpha value is -2.70. The van der Waals surface area contributed by atoms with E-state index >= 15 is 0 Å². The number of aryl methyl sites for hydroxylation is 4. The van der Waals surface area contributed by atoms with Gasteiger partial charge in [0.1, 0.15) is 5.82 Å². The molecular weight excluding hydrogens is 342 g/mol. The van der Waals surface area contributed by atoms with E-state index in [4.69, 9.17) is 4.52 Å². The Kier molecular flexibility index (Phi) is 4.68. The minimum Gasteiger partial charge on any atom is -0.336 e. The van der Waals surface area contributed by atoms with E-state index < -0.39 is 0 Å². The highest BCUT2D eigenvalue weighted by Crippen LogP contribution is 2.27. The van der Waals surface area contributed by atoms with Gasteiger partial charge in [-0.05, 0) is 52.5 Å². The largest absolute Gasteiger partial charge is 0.336 e. The number of rotatable bonds is 4. The summed E-state index contributed by atoms with van der Waals surface area (Å²) in [4.78, 5) is 24.2. The van der Waals surface area contributed by atoms with Crippen molar-refractivity contribution in [2.75, 3.05) is 6.54 Å². The van der Waals surface area contributed by atoms with Gasteiger partial charge in [-0.2, -0.15) is 0 Å². The number of aromatic nitrogens is 4. The lowest BCUT2D eigenvalue weighted by Crippen LogP contribution is -2.44. The standard InChI is InChI=1S/C20H25N5O2/c1-13-12-17(18-14(2)23-27-19(18)22-13)20(26)25-9-5-4-6-16(25)7-10-24-11-8-21-15(24)3/h8,11-12,16H,4-7,9-10H2,1-3H3/t16-/m0/s1. The monoisotopic (exact) mass is 367 g/mol. The molecule has 142 valence electrons. The van der Waals surface area contributed by atoms with Gasteiger partial charge in [0.15, 0.2) is 0 Å². The number of carbonyl (C=O) groups excluding carboxylic acids is 1. The minimum absolute atomic E-state index is 0.0591. The van der Waals surface area contributed by atoms with Gasteiger partial charge in [-0.15, -0.1) is 0 Å². The van der Waals surface area contributed by atoms with E-state index in [2.05, 4.69) is 19.7 Å². The van der Waals surface area contributed by atoms with Crippen LogP contribution in [-0.2, 0) is 6.54 Å². The van der Waals surface area contributed by atoms with Crippen molar-refractivity contribution in [3.8, 4) is 0 Å². The van der Waals surface area contributed by atoms with Gasteiger partial charge in [0.2, 0.25) is 0 Å². The average molecular weight is 367 g/mol. The van der Waals surface area contributed by atoms with Crippen LogP contribution in [0.25, 0.3) is 11.1 Å². The summed E-state index contributed by atoms with van der Waals surface area (Å²) in [5.41, 5.74) is 2.58. The maximum absolute atomic E-state index is 13.5. The van der Waals surface area contributed by atoms with E-state index in [1.165, 1.54) is 0 Å². The number of nitrogens with zero attached hydrogens (tertiary/aromatic N) is 5. The van der Waals surface area contributed by atoms with Crippen molar-refractivity contribution in [2.24, 2.45) is 0 Å². The minimum atomic E-state index is 0.0591. The van der Waals surface area contributed by atoms with Crippen molar-refractivity contribution < 1.29 is 9.32 Å². The SMILES string of the molecule is Cc1cc(C(=O)N2CCCC[C@H]2CCn2ccnc2C)c2c(C)noc2n1. The molecule has 0 radical (unpaired) electrons. The maximum atomic E-state index is 13.5. The number of imidazole rings is 1. The molecule has 1 saturated heterocycles. The predicted octanol–water partition coefficient (Wildman–Crippen LogP) is 3.43. The molecule has 3 aromatic rings. The first kappa shape index (κ1) is 17.7. The number of hydrogen-bond donors (Lipinski definition) is 0. The molecule has 0 spiro atoms. The summed E-state index contributed by atoms with van der Waals surface area (Å²) in [5.74, 6) is 1.07. The predicted molar refractivity (Wildman–Crippen MR) is 102 cm³/mol. The molecule has 1 fully saturated rings. The smallest absolute Gasteiger partial charge is 0.258 e. The highest BCUT2D eigenvalue weighted by atomic mass is 16.5. The van der Waals surface area contributed by atoms with Crippen LogP contribution in [0.2, 0.25) is 0 Å². The van der Waals surface area contributed by atoms with Gasteiger partial charge in [0.25, 0.3) is 11.6 Å². The van der Waals surface area contributed by atoms with Gasteiger partial charge < -0.3 is 14.0 Å². The number of fused-ring (bicyclic) bond motifs is 1. The Labute approximate surface area is 158 Å². The summed E-state index contributed by atoms with van der Waals surface area (Å²) in [5, 5.41) is 4.74. The molecule has 1 aliphatic rings. The molecule has 3 aromatic heterocycles. The Morgan fingerprint density at radius 3 is 2.93 bits per heavy atom. The second-order valence-electron chi connectivity index (χ2n) is 7.36. The average Bonchev–Trinajstić information content (AvgIpc) is 3.24. The molecule has 1 atom stereocenters. The van der Waals surface area contributed by atoms with E-state index in [1.54, 1.807) is 0 Å². The third kappa shape index (κ3) is 3.34. The first-order valence-electron chi connectivity index (χ1n) is 9.57. The van der Waals surface area contributed by atoms with Crippen LogP contribution >= 0.6 is 0 Å². The number of likely N-dealkylation sites (tertiary alicyclic amines) is 1. The Balaban J connectivity index is 1.61. The van der Waals surface area contributed by atoms with Crippen molar-refractivity contribution >= 4 is 17.0 Å². The maximum Gasteiger partial charge on any atom is 0.258 e. The Bertz CT molecular complexity index is 974. The third-order valence-electron chi connectivity index (χ3n) is 5.49. The molecule has 4 heterocycles. The number of amides is 1. The number of piperidine rings is 1. The zero-order valence-electron chi connectivity index (χ0n) is 16.1. The van der Waals surface area contributed by atoms with Gasteiger partial charge in [-0.25, -0.2) is 9.97 Å². The normalized spacial score (nSPS) is 17.6. The van der Waals surface area contributed by atoms with Crippen LogP contribution in [0.5, 0.6) is 0 Å². The fourth-order valence-electron chi connectivity index (χ4n) is 4.04. The van der Waals surface area contributed by atoms with Gasteiger partial charge in [-0.1, -0.05) is 5.16 Å². The van der Waals surface area contributed by atoms with E-state index in [-0.39, 0.29) is 11.9 Å². The molecule has 4 rings (SSSR count).